The van der Waals surface area contributed by atoms with Gasteiger partial charge in [-0.3, -0.25) is 4.79 Å². The van der Waals surface area contributed by atoms with Crippen LogP contribution in [0.1, 0.15) is 17.5 Å². The quantitative estimate of drug-likeness (QED) is 0.541. The second-order valence-corrected chi connectivity index (χ2v) is 5.74. The Bertz CT molecular complexity index is 657. The Morgan fingerprint density at radius 1 is 1.04 bits per heavy atom. The molecule has 128 valence electrons. The summed E-state index contributed by atoms with van der Waals surface area (Å²) in [6.07, 6.45) is 0.0457. The van der Waals surface area contributed by atoms with Crippen LogP contribution in [0.4, 0.5) is 8.78 Å². The van der Waals surface area contributed by atoms with Crippen LogP contribution in [-0.4, -0.2) is 16.8 Å². The molecule has 24 heavy (non-hydrogen) atoms. The van der Waals surface area contributed by atoms with Crippen LogP contribution >= 0.6 is 12.0 Å². The third kappa shape index (κ3) is 5.82. The van der Waals surface area contributed by atoms with Crippen molar-refractivity contribution in [3.63, 3.8) is 0 Å². The summed E-state index contributed by atoms with van der Waals surface area (Å²) in [5.74, 6) is -1.28. The molecule has 0 amide bonds. The lowest BCUT2D eigenvalue weighted by atomic mass is 10.2. The topological polar surface area (TPSA) is 55.8 Å². The summed E-state index contributed by atoms with van der Waals surface area (Å²) in [6, 6.07) is 10.6. The van der Waals surface area contributed by atoms with Gasteiger partial charge in [0.2, 0.25) is 0 Å². The minimum Gasteiger partial charge on any atom is -0.489 e. The second-order valence-electron chi connectivity index (χ2n) is 4.86. The first-order chi connectivity index (χ1) is 11.6. The van der Waals surface area contributed by atoms with Crippen molar-refractivity contribution in [3.05, 3.63) is 65.2 Å². The summed E-state index contributed by atoms with van der Waals surface area (Å²) in [5, 5.41) is 8.50. The minimum absolute atomic E-state index is 0.0457. The molecule has 0 saturated carbocycles. The molecule has 0 saturated heterocycles. The van der Waals surface area contributed by atoms with Crippen molar-refractivity contribution in [1.82, 2.24) is 0 Å². The Morgan fingerprint density at radius 3 is 2.33 bits per heavy atom. The standard InChI is InChI=1S/C17H16F2O4S/c18-15-2-1-3-16(19)14(15)11-22-13-6-4-12(5-7-13)10-23-24-9-8-17(20)21/h1-7H,8-11H2,(H,20,21). The van der Waals surface area contributed by atoms with E-state index in [9.17, 15) is 13.6 Å². The zero-order valence-electron chi connectivity index (χ0n) is 12.7. The lowest BCUT2D eigenvalue weighted by Gasteiger charge is -2.09. The smallest absolute Gasteiger partial charge is 0.304 e. The van der Waals surface area contributed by atoms with Crippen molar-refractivity contribution in [2.75, 3.05) is 5.75 Å². The van der Waals surface area contributed by atoms with Crippen LogP contribution in [0.5, 0.6) is 5.75 Å². The number of carboxylic acid groups (broad SMARTS) is 1. The Kier molecular flexibility index (Phi) is 7.02. The number of carbonyl (C=O) groups is 1. The molecule has 0 aliphatic carbocycles. The van der Waals surface area contributed by atoms with Crippen LogP contribution in [0.25, 0.3) is 0 Å². The Hall–Kier alpha value is -2.12. The fraction of sp³-hybridized carbons (Fsp3) is 0.235. The lowest BCUT2D eigenvalue weighted by Crippen LogP contribution is -2.01. The summed E-state index contributed by atoms with van der Waals surface area (Å²) in [6.45, 7) is 0.131. The van der Waals surface area contributed by atoms with E-state index in [1.54, 1.807) is 24.3 Å². The number of rotatable bonds is 9. The van der Waals surface area contributed by atoms with Gasteiger partial charge in [-0.15, -0.1) is 0 Å². The van der Waals surface area contributed by atoms with Gasteiger partial charge in [0.25, 0.3) is 0 Å². The van der Waals surface area contributed by atoms with Crippen molar-refractivity contribution >= 4 is 18.0 Å². The predicted octanol–water partition coefficient (Wildman–Crippen LogP) is 4.18. The van der Waals surface area contributed by atoms with Crippen molar-refractivity contribution in [3.8, 4) is 5.75 Å². The molecule has 7 heteroatoms. The highest BCUT2D eigenvalue weighted by atomic mass is 32.2. The van der Waals surface area contributed by atoms with Gasteiger partial charge in [-0.05, 0) is 41.9 Å². The molecule has 0 heterocycles. The summed E-state index contributed by atoms with van der Waals surface area (Å²) >= 11 is 1.10. The number of hydrogen-bond acceptors (Lipinski definition) is 4. The molecule has 2 aromatic carbocycles. The van der Waals surface area contributed by atoms with Crippen LogP contribution in [0, 0.1) is 11.6 Å². The van der Waals surface area contributed by atoms with Crippen LogP contribution in [0.2, 0.25) is 0 Å². The zero-order chi connectivity index (χ0) is 17.4. The van der Waals surface area contributed by atoms with Gasteiger partial charge in [0.05, 0.1) is 18.6 Å². The second kappa shape index (κ2) is 9.24. The molecule has 0 unspecified atom stereocenters. The van der Waals surface area contributed by atoms with Gasteiger partial charge >= 0.3 is 5.97 Å². The Labute approximate surface area is 142 Å². The van der Waals surface area contributed by atoms with E-state index in [0.717, 1.165) is 17.6 Å². The molecule has 0 aliphatic rings. The normalized spacial score (nSPS) is 10.6. The third-order valence-corrected chi connectivity index (χ3v) is 3.73. The first-order valence-corrected chi connectivity index (χ1v) is 8.08. The third-order valence-electron chi connectivity index (χ3n) is 3.08. The van der Waals surface area contributed by atoms with Crippen LogP contribution in [-0.2, 0) is 22.2 Å². The fourth-order valence-corrected chi connectivity index (χ4v) is 2.40. The first kappa shape index (κ1) is 18.2. The summed E-state index contributed by atoms with van der Waals surface area (Å²) in [4.78, 5) is 10.3. The molecule has 1 N–H and O–H groups in total. The summed E-state index contributed by atoms with van der Waals surface area (Å²) in [5.41, 5.74) is 0.766. The molecular weight excluding hydrogens is 338 g/mol. The van der Waals surface area contributed by atoms with Gasteiger partial charge in [-0.1, -0.05) is 18.2 Å². The van der Waals surface area contributed by atoms with Gasteiger partial charge in [-0.25, -0.2) is 8.78 Å². The van der Waals surface area contributed by atoms with Gasteiger partial charge in [0.15, 0.2) is 0 Å². The van der Waals surface area contributed by atoms with E-state index < -0.39 is 17.6 Å². The monoisotopic (exact) mass is 354 g/mol. The van der Waals surface area contributed by atoms with E-state index in [0.29, 0.717) is 18.1 Å². The maximum Gasteiger partial charge on any atom is 0.304 e. The highest BCUT2D eigenvalue weighted by molar-refractivity contribution is 7.94. The van der Waals surface area contributed by atoms with Gasteiger partial charge < -0.3 is 14.0 Å². The van der Waals surface area contributed by atoms with E-state index >= 15 is 0 Å². The maximum absolute atomic E-state index is 13.5. The van der Waals surface area contributed by atoms with E-state index in [4.69, 9.17) is 14.0 Å². The molecule has 2 aromatic rings. The average molecular weight is 354 g/mol. The van der Waals surface area contributed by atoms with Crippen LogP contribution < -0.4 is 4.74 Å². The molecule has 0 spiro atoms. The molecule has 0 radical (unpaired) electrons. The molecular formula is C17H16F2O4S. The van der Waals surface area contributed by atoms with Crippen molar-refractivity contribution in [1.29, 1.82) is 0 Å². The molecule has 2 rings (SSSR count). The van der Waals surface area contributed by atoms with Crippen LogP contribution in [0.3, 0.4) is 0 Å². The van der Waals surface area contributed by atoms with Gasteiger partial charge in [0.1, 0.15) is 24.0 Å². The molecule has 0 fully saturated rings. The molecule has 0 atom stereocenters. The summed E-state index contributed by atoms with van der Waals surface area (Å²) in [7, 11) is 0. The number of hydrogen-bond donors (Lipinski definition) is 1. The maximum atomic E-state index is 13.5. The largest absolute Gasteiger partial charge is 0.489 e. The minimum atomic E-state index is -0.862. The molecule has 0 bridgehead atoms. The SMILES string of the molecule is O=C(O)CCSOCc1ccc(OCc2c(F)cccc2F)cc1. The van der Waals surface area contributed by atoms with Crippen molar-refractivity contribution < 1.29 is 27.6 Å². The van der Waals surface area contributed by atoms with Crippen LogP contribution in [0.15, 0.2) is 42.5 Å². The fourth-order valence-electron chi connectivity index (χ4n) is 1.81. The predicted molar refractivity (Wildman–Crippen MR) is 86.6 cm³/mol. The lowest BCUT2D eigenvalue weighted by molar-refractivity contribution is -0.136. The summed E-state index contributed by atoms with van der Waals surface area (Å²) < 4.78 is 37.7. The Balaban J connectivity index is 1.79. The number of benzene rings is 2. The van der Waals surface area contributed by atoms with Gasteiger partial charge in [-0.2, -0.15) is 0 Å². The number of halogens is 2. The molecule has 0 aliphatic heterocycles. The zero-order valence-corrected chi connectivity index (χ0v) is 13.5. The molecule has 4 nitrogen and oxygen atoms in total. The van der Waals surface area contributed by atoms with Crippen molar-refractivity contribution in [2.45, 2.75) is 19.6 Å². The highest BCUT2D eigenvalue weighted by Gasteiger charge is 2.09. The van der Waals surface area contributed by atoms with Gasteiger partial charge in [0, 0.05) is 5.75 Å². The van der Waals surface area contributed by atoms with Crippen molar-refractivity contribution in [2.24, 2.45) is 0 Å². The van der Waals surface area contributed by atoms with E-state index in [2.05, 4.69) is 0 Å². The Morgan fingerprint density at radius 2 is 1.71 bits per heavy atom. The number of carboxylic acids is 1. The van der Waals surface area contributed by atoms with E-state index in [1.165, 1.54) is 18.2 Å². The highest BCUT2D eigenvalue weighted by Crippen LogP contribution is 2.19. The van der Waals surface area contributed by atoms with E-state index in [1.807, 2.05) is 0 Å². The first-order valence-electron chi connectivity index (χ1n) is 7.17. The van der Waals surface area contributed by atoms with E-state index in [-0.39, 0.29) is 18.6 Å². The molecule has 0 aromatic heterocycles. The number of ether oxygens (including phenoxy) is 1. The average Bonchev–Trinajstić information content (AvgIpc) is 2.55. The number of aliphatic carboxylic acids is 1.